The number of esters is 1. The second kappa shape index (κ2) is 6.42. The van der Waals surface area contributed by atoms with Gasteiger partial charge < -0.3 is 4.74 Å². The molecule has 2 aliphatic rings. The Morgan fingerprint density at radius 2 is 1.88 bits per heavy atom. The van der Waals surface area contributed by atoms with Crippen molar-refractivity contribution in [2.24, 2.45) is 11.8 Å². The van der Waals surface area contributed by atoms with Gasteiger partial charge in [0.05, 0.1) is 18.4 Å². The average Bonchev–Trinajstić information content (AvgIpc) is 3.03. The third-order valence-electron chi connectivity index (χ3n) is 5.12. The van der Waals surface area contributed by atoms with Crippen LogP contribution in [0.1, 0.15) is 32.4 Å². The second-order valence-electron chi connectivity index (χ2n) is 6.52. The molecule has 1 N–H and O–H groups in total. The van der Waals surface area contributed by atoms with Crippen molar-refractivity contribution in [1.29, 1.82) is 0 Å². The van der Waals surface area contributed by atoms with E-state index in [0.29, 0.717) is 5.02 Å². The number of carbonyl (C=O) groups excluding carboxylic acids is 3. The summed E-state index contributed by atoms with van der Waals surface area (Å²) in [7, 11) is 0. The third-order valence-corrected chi connectivity index (χ3v) is 5.38. The van der Waals surface area contributed by atoms with E-state index in [-0.39, 0.29) is 25.0 Å². The minimum absolute atomic E-state index is 0.207. The molecule has 0 spiro atoms. The van der Waals surface area contributed by atoms with Gasteiger partial charge in [-0.25, -0.2) is 0 Å². The molecule has 0 radical (unpaired) electrons. The molecule has 0 unspecified atom stereocenters. The van der Waals surface area contributed by atoms with Gasteiger partial charge in [0.15, 0.2) is 0 Å². The Balaban J connectivity index is 2.07. The number of fused-ring (bicyclic) bond motifs is 1. The van der Waals surface area contributed by atoms with Crippen LogP contribution in [0.25, 0.3) is 0 Å². The first kappa shape index (κ1) is 17.9. The standard InChI is InChI=1S/C18H21ClN2O4/c1-4-21-15(22)12-13(16(21)23)18(3,17(24)25-5-2)20-14(12)10-6-8-11(19)9-7-10/h6-9,12-14,20H,4-5H2,1-3H3/t12-,13-,14+,18+/m0/s1. The van der Waals surface area contributed by atoms with Crippen molar-refractivity contribution < 1.29 is 19.1 Å². The number of hydrogen-bond donors (Lipinski definition) is 1. The summed E-state index contributed by atoms with van der Waals surface area (Å²) >= 11 is 5.95. The maximum absolute atomic E-state index is 12.8. The van der Waals surface area contributed by atoms with Crippen molar-refractivity contribution in [1.82, 2.24) is 10.2 Å². The quantitative estimate of drug-likeness (QED) is 0.652. The Hall–Kier alpha value is -1.92. The van der Waals surface area contributed by atoms with E-state index >= 15 is 0 Å². The lowest BCUT2D eigenvalue weighted by Crippen LogP contribution is -2.54. The van der Waals surface area contributed by atoms with Crippen molar-refractivity contribution in [3.8, 4) is 0 Å². The highest BCUT2D eigenvalue weighted by Crippen LogP contribution is 2.49. The summed E-state index contributed by atoms with van der Waals surface area (Å²) in [5, 5.41) is 3.79. The monoisotopic (exact) mass is 364 g/mol. The number of amides is 2. The van der Waals surface area contributed by atoms with E-state index in [4.69, 9.17) is 16.3 Å². The highest BCUT2D eigenvalue weighted by Gasteiger charge is 2.66. The number of nitrogens with zero attached hydrogens (tertiary/aromatic N) is 1. The predicted octanol–water partition coefficient (Wildman–Crippen LogP) is 1.93. The van der Waals surface area contributed by atoms with E-state index in [1.807, 2.05) is 0 Å². The number of ether oxygens (including phenoxy) is 1. The predicted molar refractivity (Wildman–Crippen MR) is 91.7 cm³/mol. The van der Waals surface area contributed by atoms with E-state index in [1.54, 1.807) is 45.0 Å². The van der Waals surface area contributed by atoms with Crippen LogP contribution in [-0.4, -0.2) is 41.4 Å². The molecule has 7 heteroatoms. The average molecular weight is 365 g/mol. The van der Waals surface area contributed by atoms with Gasteiger partial charge in [0.1, 0.15) is 5.54 Å². The Kier molecular flexibility index (Phi) is 4.60. The van der Waals surface area contributed by atoms with E-state index in [0.717, 1.165) is 5.56 Å². The largest absolute Gasteiger partial charge is 0.465 e. The summed E-state index contributed by atoms with van der Waals surface area (Å²) in [4.78, 5) is 39.5. The number of carbonyl (C=O) groups is 3. The van der Waals surface area contributed by atoms with Gasteiger partial charge in [-0.3, -0.25) is 24.6 Å². The van der Waals surface area contributed by atoms with Crippen LogP contribution in [0.4, 0.5) is 0 Å². The lowest BCUT2D eigenvalue weighted by molar-refractivity contribution is -0.155. The molecule has 3 rings (SSSR count). The smallest absolute Gasteiger partial charge is 0.326 e. The van der Waals surface area contributed by atoms with Gasteiger partial charge in [-0.15, -0.1) is 0 Å². The molecule has 2 aliphatic heterocycles. The van der Waals surface area contributed by atoms with Crippen molar-refractivity contribution >= 4 is 29.4 Å². The molecule has 134 valence electrons. The van der Waals surface area contributed by atoms with Crippen molar-refractivity contribution in [3.63, 3.8) is 0 Å². The third kappa shape index (κ3) is 2.64. The maximum atomic E-state index is 12.8. The van der Waals surface area contributed by atoms with Crippen LogP contribution >= 0.6 is 11.6 Å². The lowest BCUT2D eigenvalue weighted by atomic mass is 9.80. The van der Waals surface area contributed by atoms with Gasteiger partial charge in [0.25, 0.3) is 0 Å². The summed E-state index contributed by atoms with van der Waals surface area (Å²) in [5.41, 5.74) is -0.437. The van der Waals surface area contributed by atoms with Gasteiger partial charge >= 0.3 is 5.97 Å². The Morgan fingerprint density at radius 3 is 2.44 bits per heavy atom. The van der Waals surface area contributed by atoms with Gasteiger partial charge in [-0.1, -0.05) is 23.7 Å². The number of halogens is 1. The zero-order chi connectivity index (χ0) is 18.4. The second-order valence-corrected chi connectivity index (χ2v) is 6.96. The molecule has 25 heavy (non-hydrogen) atoms. The van der Waals surface area contributed by atoms with Gasteiger partial charge in [-0.05, 0) is 38.5 Å². The van der Waals surface area contributed by atoms with Crippen LogP contribution in [0.2, 0.25) is 5.02 Å². The van der Waals surface area contributed by atoms with E-state index < -0.39 is 29.4 Å². The first-order chi connectivity index (χ1) is 11.8. The highest BCUT2D eigenvalue weighted by atomic mass is 35.5. The van der Waals surface area contributed by atoms with Crippen LogP contribution in [-0.2, 0) is 19.1 Å². The number of benzene rings is 1. The number of likely N-dealkylation sites (tertiary alicyclic amines) is 1. The number of nitrogens with one attached hydrogen (secondary N) is 1. The Bertz CT molecular complexity index is 720. The zero-order valence-corrected chi connectivity index (χ0v) is 15.2. The lowest BCUT2D eigenvalue weighted by Gasteiger charge is -2.28. The molecular formula is C18H21ClN2O4. The van der Waals surface area contributed by atoms with Crippen molar-refractivity contribution in [2.45, 2.75) is 32.4 Å². The molecule has 0 aliphatic carbocycles. The highest BCUT2D eigenvalue weighted by molar-refractivity contribution is 6.30. The fourth-order valence-electron chi connectivity index (χ4n) is 3.94. The molecule has 4 atom stereocenters. The number of hydrogen-bond acceptors (Lipinski definition) is 5. The molecule has 0 saturated carbocycles. The molecule has 1 aromatic carbocycles. The zero-order valence-electron chi connectivity index (χ0n) is 14.4. The van der Waals surface area contributed by atoms with Crippen LogP contribution in [0.5, 0.6) is 0 Å². The summed E-state index contributed by atoms with van der Waals surface area (Å²) < 4.78 is 5.19. The molecule has 0 aromatic heterocycles. The van der Waals surface area contributed by atoms with Gasteiger partial charge in [0.2, 0.25) is 11.8 Å². The molecule has 2 fully saturated rings. The van der Waals surface area contributed by atoms with Gasteiger partial charge in [0, 0.05) is 17.6 Å². The van der Waals surface area contributed by atoms with Crippen molar-refractivity contribution in [2.75, 3.05) is 13.2 Å². The summed E-state index contributed by atoms with van der Waals surface area (Å²) in [6.45, 7) is 5.60. The molecule has 0 bridgehead atoms. The summed E-state index contributed by atoms with van der Waals surface area (Å²) in [5.74, 6) is -2.50. The van der Waals surface area contributed by atoms with Crippen LogP contribution in [0, 0.1) is 11.8 Å². The molecule has 2 saturated heterocycles. The van der Waals surface area contributed by atoms with Gasteiger partial charge in [-0.2, -0.15) is 0 Å². The van der Waals surface area contributed by atoms with E-state index in [1.165, 1.54) is 4.90 Å². The normalized spacial score (nSPS) is 31.4. The molecule has 6 nitrogen and oxygen atoms in total. The van der Waals surface area contributed by atoms with Crippen LogP contribution < -0.4 is 5.32 Å². The summed E-state index contributed by atoms with van der Waals surface area (Å²) in [6, 6.07) is 6.61. The van der Waals surface area contributed by atoms with E-state index in [2.05, 4.69) is 5.32 Å². The minimum Gasteiger partial charge on any atom is -0.465 e. The molecule has 2 amide bonds. The van der Waals surface area contributed by atoms with Crippen LogP contribution in [0.3, 0.4) is 0 Å². The first-order valence-electron chi connectivity index (χ1n) is 8.40. The maximum Gasteiger partial charge on any atom is 0.326 e. The van der Waals surface area contributed by atoms with Crippen LogP contribution in [0.15, 0.2) is 24.3 Å². The molecular weight excluding hydrogens is 344 g/mol. The Morgan fingerprint density at radius 1 is 1.24 bits per heavy atom. The minimum atomic E-state index is -1.25. The first-order valence-corrected chi connectivity index (χ1v) is 8.78. The van der Waals surface area contributed by atoms with Crippen molar-refractivity contribution in [3.05, 3.63) is 34.9 Å². The number of rotatable bonds is 4. The number of imide groups is 1. The SMILES string of the molecule is CCOC(=O)[C@]1(C)N[C@H](c2ccc(Cl)cc2)[C@H]2C(=O)N(CC)C(=O)[C@H]21. The molecule has 2 heterocycles. The topological polar surface area (TPSA) is 75.7 Å². The Labute approximate surface area is 151 Å². The van der Waals surface area contributed by atoms with E-state index in [9.17, 15) is 14.4 Å². The molecule has 1 aromatic rings. The fourth-order valence-corrected chi connectivity index (χ4v) is 4.06. The summed E-state index contributed by atoms with van der Waals surface area (Å²) in [6.07, 6.45) is 0. The fraction of sp³-hybridized carbons (Fsp3) is 0.500.